The predicted molar refractivity (Wildman–Crippen MR) is 94.8 cm³/mol. The summed E-state index contributed by atoms with van der Waals surface area (Å²) in [6.45, 7) is 7.05. The van der Waals surface area contributed by atoms with E-state index in [9.17, 15) is 4.79 Å². The predicted octanol–water partition coefficient (Wildman–Crippen LogP) is 1.56. The molecule has 1 amide bonds. The second-order valence-electron chi connectivity index (χ2n) is 6.97. The summed E-state index contributed by atoms with van der Waals surface area (Å²) < 4.78 is 5.39. The normalized spacial score (nSPS) is 24.5. The monoisotopic (exact) mass is 331 g/mol. The highest BCUT2D eigenvalue weighted by Gasteiger charge is 2.27. The number of morpholine rings is 1. The van der Waals surface area contributed by atoms with Gasteiger partial charge in [0.1, 0.15) is 6.04 Å². The van der Waals surface area contributed by atoms with Gasteiger partial charge in [-0.2, -0.15) is 0 Å². The van der Waals surface area contributed by atoms with Gasteiger partial charge in [-0.05, 0) is 37.4 Å². The summed E-state index contributed by atoms with van der Waals surface area (Å²) in [4.78, 5) is 14.9. The van der Waals surface area contributed by atoms with Crippen molar-refractivity contribution in [3.8, 4) is 0 Å². The van der Waals surface area contributed by atoms with Crippen molar-refractivity contribution in [2.24, 2.45) is 5.92 Å². The van der Waals surface area contributed by atoms with Crippen LogP contribution in [0.3, 0.4) is 0 Å². The van der Waals surface area contributed by atoms with Gasteiger partial charge in [0.25, 0.3) is 0 Å². The Kier molecular flexibility index (Phi) is 6.24. The van der Waals surface area contributed by atoms with Crippen molar-refractivity contribution in [2.45, 2.75) is 31.8 Å². The van der Waals surface area contributed by atoms with Gasteiger partial charge in [-0.15, -0.1) is 0 Å². The maximum Gasteiger partial charge on any atom is 0.239 e. The molecule has 2 unspecified atom stereocenters. The van der Waals surface area contributed by atoms with Crippen molar-refractivity contribution in [1.29, 1.82) is 0 Å². The molecule has 0 bridgehead atoms. The average Bonchev–Trinajstić information content (AvgIpc) is 2.65. The Morgan fingerprint density at radius 3 is 2.75 bits per heavy atom. The summed E-state index contributed by atoms with van der Waals surface area (Å²) >= 11 is 0. The number of carbonyl (C=O) groups is 1. The lowest BCUT2D eigenvalue weighted by Crippen LogP contribution is -2.52. The molecule has 0 spiro atoms. The highest BCUT2D eigenvalue weighted by Crippen LogP contribution is 2.26. The second-order valence-corrected chi connectivity index (χ2v) is 6.97. The first-order chi connectivity index (χ1) is 11.7. The van der Waals surface area contributed by atoms with Gasteiger partial charge in [-0.1, -0.05) is 37.3 Å². The quantitative estimate of drug-likeness (QED) is 0.860. The average molecular weight is 331 g/mol. The minimum atomic E-state index is -0.225. The number of hydrogen-bond acceptors (Lipinski definition) is 4. The van der Waals surface area contributed by atoms with Crippen LogP contribution in [-0.2, 0) is 9.53 Å². The number of amides is 1. The van der Waals surface area contributed by atoms with E-state index in [0.29, 0.717) is 19.8 Å². The molecule has 2 saturated heterocycles. The summed E-state index contributed by atoms with van der Waals surface area (Å²) in [5.41, 5.74) is 1.28. The molecule has 2 N–H and O–H groups in total. The zero-order chi connectivity index (χ0) is 16.8. The maximum absolute atomic E-state index is 12.4. The number of rotatable bonds is 5. The molecule has 24 heavy (non-hydrogen) atoms. The number of nitrogens with zero attached hydrogens (tertiary/aromatic N) is 1. The molecule has 0 saturated carbocycles. The molecular weight excluding hydrogens is 302 g/mol. The van der Waals surface area contributed by atoms with Crippen LogP contribution in [0.1, 0.15) is 31.4 Å². The smallest absolute Gasteiger partial charge is 0.239 e. The molecule has 5 nitrogen and oxygen atoms in total. The van der Waals surface area contributed by atoms with E-state index >= 15 is 0 Å². The summed E-state index contributed by atoms with van der Waals surface area (Å²) in [6, 6.07) is 10.5. The Bertz CT molecular complexity index is 509. The first-order valence-electron chi connectivity index (χ1n) is 9.12. The van der Waals surface area contributed by atoms with Crippen LogP contribution in [0.15, 0.2) is 30.3 Å². The van der Waals surface area contributed by atoms with Gasteiger partial charge >= 0.3 is 0 Å². The van der Waals surface area contributed by atoms with Crippen LogP contribution in [0.5, 0.6) is 0 Å². The van der Waals surface area contributed by atoms with Crippen LogP contribution in [0.2, 0.25) is 0 Å². The second kappa shape index (κ2) is 8.60. The molecule has 2 fully saturated rings. The third-order valence-electron chi connectivity index (χ3n) is 5.15. The van der Waals surface area contributed by atoms with E-state index in [1.54, 1.807) is 0 Å². The van der Waals surface area contributed by atoms with E-state index in [2.05, 4.69) is 46.7 Å². The van der Waals surface area contributed by atoms with Crippen LogP contribution in [0.4, 0.5) is 0 Å². The van der Waals surface area contributed by atoms with Crippen molar-refractivity contribution >= 4 is 5.91 Å². The largest absolute Gasteiger partial charge is 0.378 e. The summed E-state index contributed by atoms with van der Waals surface area (Å²) in [7, 11) is 0. The first-order valence-corrected chi connectivity index (χ1v) is 9.12. The number of ether oxygens (including phenoxy) is 1. The number of benzene rings is 1. The lowest BCUT2D eigenvalue weighted by atomic mass is 9.95. The fourth-order valence-corrected chi connectivity index (χ4v) is 3.53. The van der Waals surface area contributed by atoms with Crippen molar-refractivity contribution in [1.82, 2.24) is 15.5 Å². The van der Waals surface area contributed by atoms with Crippen LogP contribution in [0.25, 0.3) is 0 Å². The summed E-state index contributed by atoms with van der Waals surface area (Å²) in [5, 5.41) is 6.35. The molecule has 3 rings (SSSR count). The Morgan fingerprint density at radius 2 is 2.08 bits per heavy atom. The Hall–Kier alpha value is -1.43. The topological polar surface area (TPSA) is 53.6 Å². The third kappa shape index (κ3) is 4.56. The van der Waals surface area contributed by atoms with Gasteiger partial charge < -0.3 is 15.4 Å². The van der Waals surface area contributed by atoms with Crippen molar-refractivity contribution in [2.75, 3.05) is 39.4 Å². The molecule has 0 aliphatic carbocycles. The highest BCUT2D eigenvalue weighted by atomic mass is 16.5. The van der Waals surface area contributed by atoms with Gasteiger partial charge in [0, 0.05) is 13.1 Å². The van der Waals surface area contributed by atoms with Gasteiger partial charge in [-0.25, -0.2) is 0 Å². The molecule has 0 radical (unpaired) electrons. The van der Waals surface area contributed by atoms with E-state index in [4.69, 9.17) is 4.74 Å². The number of hydrogen-bond donors (Lipinski definition) is 2. The molecule has 2 aliphatic heterocycles. The maximum atomic E-state index is 12.4. The first kappa shape index (κ1) is 17.4. The Labute approximate surface area is 144 Å². The van der Waals surface area contributed by atoms with Crippen LogP contribution in [-0.4, -0.2) is 56.2 Å². The van der Waals surface area contributed by atoms with Gasteiger partial charge in [0.2, 0.25) is 5.91 Å². The molecule has 132 valence electrons. The zero-order valence-corrected chi connectivity index (χ0v) is 14.5. The van der Waals surface area contributed by atoms with Crippen molar-refractivity contribution in [3.05, 3.63) is 35.9 Å². The lowest BCUT2D eigenvalue weighted by Gasteiger charge is -2.37. The van der Waals surface area contributed by atoms with E-state index in [0.717, 1.165) is 25.6 Å². The summed E-state index contributed by atoms with van der Waals surface area (Å²) in [6.07, 6.45) is 2.46. The minimum Gasteiger partial charge on any atom is -0.378 e. The molecule has 1 aromatic carbocycles. The molecule has 0 aromatic heterocycles. The molecule has 5 heteroatoms. The van der Waals surface area contributed by atoms with E-state index in [-0.39, 0.29) is 18.0 Å². The minimum absolute atomic E-state index is 0.0426. The summed E-state index contributed by atoms with van der Waals surface area (Å²) in [5.74, 6) is 0.844. The molecule has 2 aliphatic rings. The number of nitrogens with one attached hydrogen (secondary N) is 2. The number of carbonyl (C=O) groups excluding carboxylic acids is 1. The Balaban J connectivity index is 1.62. The lowest BCUT2D eigenvalue weighted by molar-refractivity contribution is -0.126. The van der Waals surface area contributed by atoms with Crippen LogP contribution >= 0.6 is 0 Å². The van der Waals surface area contributed by atoms with E-state index in [1.807, 2.05) is 6.07 Å². The Morgan fingerprint density at radius 1 is 1.33 bits per heavy atom. The fourth-order valence-electron chi connectivity index (χ4n) is 3.53. The molecular formula is C19H29N3O2. The third-order valence-corrected chi connectivity index (χ3v) is 5.15. The standard InChI is InChI=1S/C19H29N3O2/c1-15-7-10-22(11-8-15)18(16-5-3-2-4-6-16)13-21-19(23)17-14-24-12-9-20-17/h2-6,15,17-18,20H,7-14H2,1H3,(H,21,23). The van der Waals surface area contributed by atoms with Gasteiger partial charge in [0.15, 0.2) is 0 Å². The molecule has 2 atom stereocenters. The molecule has 2 heterocycles. The van der Waals surface area contributed by atoms with Crippen molar-refractivity contribution < 1.29 is 9.53 Å². The number of likely N-dealkylation sites (tertiary alicyclic amines) is 1. The fraction of sp³-hybridized carbons (Fsp3) is 0.632. The zero-order valence-electron chi connectivity index (χ0n) is 14.5. The van der Waals surface area contributed by atoms with Gasteiger partial charge in [-0.3, -0.25) is 9.69 Å². The van der Waals surface area contributed by atoms with Crippen LogP contribution < -0.4 is 10.6 Å². The molecule has 1 aromatic rings. The van der Waals surface area contributed by atoms with Gasteiger partial charge in [0.05, 0.1) is 19.3 Å². The number of piperidine rings is 1. The van der Waals surface area contributed by atoms with Crippen LogP contribution in [0, 0.1) is 5.92 Å². The van der Waals surface area contributed by atoms with Crippen molar-refractivity contribution in [3.63, 3.8) is 0 Å². The SMILES string of the molecule is CC1CCN(C(CNC(=O)C2COCCN2)c2ccccc2)CC1. The highest BCUT2D eigenvalue weighted by molar-refractivity contribution is 5.82. The van der Waals surface area contributed by atoms with E-state index in [1.165, 1.54) is 18.4 Å². The van der Waals surface area contributed by atoms with E-state index < -0.39 is 0 Å².